The highest BCUT2D eigenvalue weighted by Crippen LogP contribution is 2.26. The number of hydrogen-bond donors (Lipinski definition) is 1. The van der Waals surface area contributed by atoms with Crippen LogP contribution in [-0.4, -0.2) is 51.1 Å². The Morgan fingerprint density at radius 1 is 1.11 bits per heavy atom. The Bertz CT molecular complexity index is 768. The zero-order valence-electron chi connectivity index (χ0n) is 17.1. The molecule has 1 N–H and O–H groups in total. The molecule has 0 saturated carbocycles. The summed E-state index contributed by atoms with van der Waals surface area (Å²) in [5, 5.41) is 3.07. The van der Waals surface area contributed by atoms with Crippen molar-refractivity contribution in [3.63, 3.8) is 0 Å². The molecule has 1 amide bonds. The lowest BCUT2D eigenvalue weighted by molar-refractivity contribution is -0.123. The van der Waals surface area contributed by atoms with E-state index in [2.05, 4.69) is 39.4 Å². The number of rotatable bonds is 8. The highest BCUT2D eigenvalue weighted by molar-refractivity contribution is 5.77. The smallest absolute Gasteiger partial charge is 0.258 e. The molecule has 1 heterocycles. The van der Waals surface area contributed by atoms with Crippen LogP contribution < -0.4 is 15.0 Å². The van der Waals surface area contributed by atoms with Crippen LogP contribution in [0.2, 0.25) is 0 Å². The Balaban J connectivity index is 1.60. The third kappa shape index (κ3) is 5.26. The van der Waals surface area contributed by atoms with Crippen molar-refractivity contribution in [2.45, 2.75) is 25.8 Å². The maximum Gasteiger partial charge on any atom is 0.258 e. The van der Waals surface area contributed by atoms with Gasteiger partial charge in [0.15, 0.2) is 6.61 Å². The number of likely N-dealkylation sites (tertiary alicyclic amines) is 1. The normalized spacial score (nSPS) is 15.2. The van der Waals surface area contributed by atoms with Crippen LogP contribution in [0.25, 0.3) is 0 Å². The summed E-state index contributed by atoms with van der Waals surface area (Å²) >= 11 is 0. The van der Waals surface area contributed by atoms with Gasteiger partial charge in [-0.05, 0) is 62.2 Å². The van der Waals surface area contributed by atoms with Crippen molar-refractivity contribution in [2.24, 2.45) is 0 Å². The zero-order chi connectivity index (χ0) is 19.9. The van der Waals surface area contributed by atoms with Gasteiger partial charge in [-0.1, -0.05) is 30.3 Å². The second-order valence-corrected chi connectivity index (χ2v) is 7.60. The number of anilines is 1. The van der Waals surface area contributed by atoms with E-state index < -0.39 is 0 Å². The average molecular weight is 382 g/mol. The molecule has 0 aromatic heterocycles. The lowest BCUT2D eigenvalue weighted by Crippen LogP contribution is -2.38. The minimum Gasteiger partial charge on any atom is -0.484 e. The first-order valence-electron chi connectivity index (χ1n) is 10.0. The molecule has 0 bridgehead atoms. The molecule has 0 radical (unpaired) electrons. The number of carbonyl (C=O) groups excluding carboxylic acids is 1. The van der Waals surface area contributed by atoms with Gasteiger partial charge in [0.1, 0.15) is 5.75 Å². The van der Waals surface area contributed by atoms with Crippen LogP contribution in [0.4, 0.5) is 5.69 Å². The molecule has 1 saturated heterocycles. The first-order valence-corrected chi connectivity index (χ1v) is 10.0. The van der Waals surface area contributed by atoms with Crippen LogP contribution in [-0.2, 0) is 4.79 Å². The van der Waals surface area contributed by atoms with Gasteiger partial charge in [0.05, 0.1) is 6.04 Å². The molecule has 3 rings (SSSR count). The third-order valence-electron chi connectivity index (χ3n) is 5.32. The fourth-order valence-electron chi connectivity index (χ4n) is 3.63. The number of amides is 1. The number of carbonyl (C=O) groups is 1. The Hall–Kier alpha value is -2.53. The molecular formula is C23H31N3O2. The van der Waals surface area contributed by atoms with Crippen molar-refractivity contribution in [3.8, 4) is 5.75 Å². The second-order valence-electron chi connectivity index (χ2n) is 7.60. The van der Waals surface area contributed by atoms with Gasteiger partial charge in [-0.15, -0.1) is 0 Å². The quantitative estimate of drug-likeness (QED) is 0.761. The van der Waals surface area contributed by atoms with Crippen molar-refractivity contribution in [3.05, 3.63) is 59.7 Å². The largest absolute Gasteiger partial charge is 0.484 e. The molecule has 1 aliphatic heterocycles. The van der Waals surface area contributed by atoms with E-state index in [0.29, 0.717) is 6.54 Å². The van der Waals surface area contributed by atoms with E-state index in [4.69, 9.17) is 4.74 Å². The van der Waals surface area contributed by atoms with E-state index >= 15 is 0 Å². The molecule has 1 atom stereocenters. The van der Waals surface area contributed by atoms with Gasteiger partial charge in [-0.3, -0.25) is 9.69 Å². The summed E-state index contributed by atoms with van der Waals surface area (Å²) in [5.41, 5.74) is 3.46. The van der Waals surface area contributed by atoms with Gasteiger partial charge in [0.2, 0.25) is 0 Å². The summed E-state index contributed by atoms with van der Waals surface area (Å²) in [6.45, 7) is 4.77. The highest BCUT2D eigenvalue weighted by Gasteiger charge is 2.24. The Kier molecular flexibility index (Phi) is 6.93. The summed E-state index contributed by atoms with van der Waals surface area (Å²) in [6, 6.07) is 16.6. The summed E-state index contributed by atoms with van der Waals surface area (Å²) in [7, 11) is 4.09. The average Bonchev–Trinajstić information content (AvgIpc) is 3.22. The SMILES string of the molecule is Cc1ccccc1OCC(=O)NC[C@H](c1ccc(N(C)C)cc1)N1CCCC1. The van der Waals surface area contributed by atoms with Gasteiger partial charge in [-0.2, -0.15) is 0 Å². The number of nitrogens with one attached hydrogen (secondary N) is 1. The molecule has 2 aromatic rings. The lowest BCUT2D eigenvalue weighted by Gasteiger charge is -2.28. The van der Waals surface area contributed by atoms with Crippen LogP contribution in [0.5, 0.6) is 5.75 Å². The molecule has 1 aliphatic rings. The Labute approximate surface area is 168 Å². The van der Waals surface area contributed by atoms with Gasteiger partial charge in [0.25, 0.3) is 5.91 Å². The van der Waals surface area contributed by atoms with Crippen molar-refractivity contribution in [1.29, 1.82) is 0 Å². The first kappa shape index (κ1) is 20.2. The van der Waals surface area contributed by atoms with Crippen LogP contribution in [0, 0.1) is 6.92 Å². The van der Waals surface area contributed by atoms with E-state index in [-0.39, 0.29) is 18.6 Å². The van der Waals surface area contributed by atoms with E-state index in [9.17, 15) is 4.79 Å². The predicted molar refractivity (Wildman–Crippen MR) is 114 cm³/mol. The topological polar surface area (TPSA) is 44.8 Å². The molecule has 5 nitrogen and oxygen atoms in total. The standard InChI is InChI=1S/C23H31N3O2/c1-18-8-4-5-9-22(18)28-17-23(27)24-16-21(26-14-6-7-15-26)19-10-12-20(13-11-19)25(2)3/h4-5,8-13,21H,6-7,14-17H2,1-3H3,(H,24,27)/t21-/m1/s1. The van der Waals surface area contributed by atoms with Crippen LogP contribution in [0.3, 0.4) is 0 Å². The number of hydrogen-bond acceptors (Lipinski definition) is 4. The fraction of sp³-hybridized carbons (Fsp3) is 0.435. The van der Waals surface area contributed by atoms with Crippen LogP contribution in [0.1, 0.15) is 30.0 Å². The predicted octanol–water partition coefficient (Wildman–Crippen LogP) is 3.39. The highest BCUT2D eigenvalue weighted by atomic mass is 16.5. The number of nitrogens with zero attached hydrogens (tertiary/aromatic N) is 2. The lowest BCUT2D eigenvalue weighted by atomic mass is 10.0. The minimum atomic E-state index is -0.0858. The summed E-state index contributed by atoms with van der Waals surface area (Å²) in [5.74, 6) is 0.672. The number of ether oxygens (including phenoxy) is 1. The van der Waals surface area contributed by atoms with Crippen molar-refractivity contribution >= 4 is 11.6 Å². The molecule has 2 aromatic carbocycles. The molecule has 0 spiro atoms. The maximum absolute atomic E-state index is 12.4. The van der Waals surface area contributed by atoms with Crippen molar-refractivity contribution in [1.82, 2.24) is 10.2 Å². The number of benzene rings is 2. The third-order valence-corrected chi connectivity index (χ3v) is 5.32. The molecule has 1 fully saturated rings. The van der Waals surface area contributed by atoms with Crippen LogP contribution >= 0.6 is 0 Å². The van der Waals surface area contributed by atoms with Crippen molar-refractivity contribution in [2.75, 3.05) is 45.2 Å². The molecular weight excluding hydrogens is 350 g/mol. The summed E-state index contributed by atoms with van der Waals surface area (Å²) in [6.07, 6.45) is 2.44. The van der Waals surface area contributed by atoms with Gasteiger partial charge in [0, 0.05) is 26.3 Å². The molecule has 0 unspecified atom stereocenters. The van der Waals surface area contributed by atoms with Gasteiger partial charge < -0.3 is 15.0 Å². The van der Waals surface area contributed by atoms with Gasteiger partial charge >= 0.3 is 0 Å². The zero-order valence-corrected chi connectivity index (χ0v) is 17.1. The molecule has 0 aliphatic carbocycles. The van der Waals surface area contributed by atoms with E-state index in [0.717, 1.165) is 24.4 Å². The summed E-state index contributed by atoms with van der Waals surface area (Å²) < 4.78 is 5.67. The van der Waals surface area contributed by atoms with Gasteiger partial charge in [-0.25, -0.2) is 0 Å². The molecule has 5 heteroatoms. The number of aryl methyl sites for hydroxylation is 1. The summed E-state index contributed by atoms with van der Waals surface area (Å²) in [4.78, 5) is 16.9. The van der Waals surface area contributed by atoms with E-state index in [1.165, 1.54) is 24.1 Å². The Morgan fingerprint density at radius 2 is 1.79 bits per heavy atom. The van der Waals surface area contributed by atoms with Crippen molar-refractivity contribution < 1.29 is 9.53 Å². The van der Waals surface area contributed by atoms with E-state index in [1.807, 2.05) is 45.3 Å². The van der Waals surface area contributed by atoms with E-state index in [1.54, 1.807) is 0 Å². The second kappa shape index (κ2) is 9.60. The van der Waals surface area contributed by atoms with Crippen LogP contribution in [0.15, 0.2) is 48.5 Å². The minimum absolute atomic E-state index is 0.0388. The number of para-hydroxylation sites is 1. The fourth-order valence-corrected chi connectivity index (χ4v) is 3.63. The Morgan fingerprint density at radius 3 is 2.43 bits per heavy atom. The maximum atomic E-state index is 12.4. The first-order chi connectivity index (χ1) is 13.5. The monoisotopic (exact) mass is 381 g/mol. The molecule has 150 valence electrons. The molecule has 28 heavy (non-hydrogen) atoms.